The third kappa shape index (κ3) is 8.27. The Balaban J connectivity index is 2.51. The standard InChI is InChI=1S/C22H40O6/c1-13(2)19(14(3)4)27-21(23)25-17-10-9-11-18(12-17)26-22(24)28-20(15(5)6)16(7)8/h13-20H,9-12H2,1-8H3. The molecule has 1 rings (SSSR count). The molecule has 164 valence electrons. The molecular weight excluding hydrogens is 360 g/mol. The third-order valence-corrected chi connectivity index (χ3v) is 5.20. The maximum Gasteiger partial charge on any atom is 0.508 e. The van der Waals surface area contributed by atoms with Crippen molar-refractivity contribution < 1.29 is 28.5 Å². The normalized spacial score (nSPS) is 20.4. The molecule has 0 saturated heterocycles. The average Bonchev–Trinajstić information content (AvgIpc) is 2.56. The first kappa shape index (κ1) is 24.6. The Bertz CT molecular complexity index is 427. The topological polar surface area (TPSA) is 71.1 Å². The van der Waals surface area contributed by atoms with E-state index in [9.17, 15) is 9.59 Å². The molecule has 28 heavy (non-hydrogen) atoms. The lowest BCUT2D eigenvalue weighted by Crippen LogP contribution is -2.36. The second kappa shape index (κ2) is 11.5. The quantitative estimate of drug-likeness (QED) is 0.468. The molecule has 1 fully saturated rings. The summed E-state index contributed by atoms with van der Waals surface area (Å²) < 4.78 is 22.0. The molecule has 2 atom stereocenters. The van der Waals surface area contributed by atoms with E-state index in [0.29, 0.717) is 6.42 Å². The summed E-state index contributed by atoms with van der Waals surface area (Å²) in [6.45, 7) is 16.2. The summed E-state index contributed by atoms with van der Waals surface area (Å²) >= 11 is 0. The summed E-state index contributed by atoms with van der Waals surface area (Å²) in [7, 11) is 0. The minimum atomic E-state index is -0.639. The van der Waals surface area contributed by atoms with Gasteiger partial charge >= 0.3 is 12.3 Å². The van der Waals surface area contributed by atoms with E-state index in [-0.39, 0.29) is 48.1 Å². The van der Waals surface area contributed by atoms with Crippen LogP contribution in [0.3, 0.4) is 0 Å². The van der Waals surface area contributed by atoms with E-state index in [1.807, 2.05) is 55.4 Å². The molecule has 6 nitrogen and oxygen atoms in total. The summed E-state index contributed by atoms with van der Waals surface area (Å²) in [6.07, 6.45) is 0.564. The van der Waals surface area contributed by atoms with E-state index >= 15 is 0 Å². The molecule has 0 radical (unpaired) electrons. The van der Waals surface area contributed by atoms with Crippen LogP contribution >= 0.6 is 0 Å². The number of carbonyl (C=O) groups is 2. The molecule has 0 spiro atoms. The maximum atomic E-state index is 12.2. The molecule has 0 aromatic heterocycles. The Morgan fingerprint density at radius 1 is 0.643 bits per heavy atom. The first-order valence-corrected chi connectivity index (χ1v) is 10.8. The average molecular weight is 401 g/mol. The van der Waals surface area contributed by atoms with Crippen molar-refractivity contribution in [2.24, 2.45) is 23.7 Å². The molecule has 0 heterocycles. The number of hydrogen-bond acceptors (Lipinski definition) is 6. The van der Waals surface area contributed by atoms with Crippen molar-refractivity contribution in [3.8, 4) is 0 Å². The van der Waals surface area contributed by atoms with Crippen LogP contribution in [-0.2, 0) is 18.9 Å². The second-order valence-corrected chi connectivity index (χ2v) is 9.29. The Kier molecular flexibility index (Phi) is 10.1. The van der Waals surface area contributed by atoms with Gasteiger partial charge in [0.05, 0.1) is 0 Å². The third-order valence-electron chi connectivity index (χ3n) is 5.20. The number of hydrogen-bond donors (Lipinski definition) is 0. The van der Waals surface area contributed by atoms with Crippen LogP contribution in [0.4, 0.5) is 9.59 Å². The zero-order valence-corrected chi connectivity index (χ0v) is 18.9. The van der Waals surface area contributed by atoms with Crippen LogP contribution in [0.25, 0.3) is 0 Å². The van der Waals surface area contributed by atoms with Gasteiger partial charge < -0.3 is 18.9 Å². The van der Waals surface area contributed by atoms with Crippen LogP contribution in [0.15, 0.2) is 0 Å². The smallest absolute Gasteiger partial charge is 0.431 e. The van der Waals surface area contributed by atoms with E-state index in [2.05, 4.69) is 0 Å². The van der Waals surface area contributed by atoms with Crippen LogP contribution in [0.2, 0.25) is 0 Å². The molecule has 0 bridgehead atoms. The SMILES string of the molecule is CC(C)C(OC(=O)OC1CCCC(OC(=O)OC(C(C)C)C(C)C)C1)C(C)C. The highest BCUT2D eigenvalue weighted by Gasteiger charge is 2.31. The molecule has 6 heteroatoms. The van der Waals surface area contributed by atoms with Gasteiger partial charge in [-0.3, -0.25) is 0 Å². The highest BCUT2D eigenvalue weighted by molar-refractivity contribution is 5.61. The molecule has 1 aliphatic rings. The van der Waals surface area contributed by atoms with Gasteiger partial charge in [0.2, 0.25) is 0 Å². The molecule has 1 saturated carbocycles. The Morgan fingerprint density at radius 3 is 1.25 bits per heavy atom. The molecule has 0 amide bonds. The van der Waals surface area contributed by atoms with Gasteiger partial charge in [-0.05, 0) is 42.9 Å². The Hall–Kier alpha value is -1.46. The molecule has 0 aromatic rings. The lowest BCUT2D eigenvalue weighted by atomic mass is 9.95. The van der Waals surface area contributed by atoms with E-state index in [4.69, 9.17) is 18.9 Å². The number of rotatable bonds is 8. The van der Waals surface area contributed by atoms with Gasteiger partial charge in [-0.2, -0.15) is 0 Å². The van der Waals surface area contributed by atoms with Crippen LogP contribution in [0, 0.1) is 23.7 Å². The van der Waals surface area contributed by atoms with Crippen LogP contribution in [0.1, 0.15) is 81.1 Å². The van der Waals surface area contributed by atoms with Gasteiger partial charge in [0.25, 0.3) is 0 Å². The van der Waals surface area contributed by atoms with E-state index < -0.39 is 12.3 Å². The molecule has 0 N–H and O–H groups in total. The van der Waals surface area contributed by atoms with Gasteiger partial charge in [-0.15, -0.1) is 0 Å². The van der Waals surface area contributed by atoms with Crippen molar-refractivity contribution in [3.05, 3.63) is 0 Å². The van der Waals surface area contributed by atoms with Crippen LogP contribution < -0.4 is 0 Å². The maximum absolute atomic E-state index is 12.2. The lowest BCUT2D eigenvalue weighted by Gasteiger charge is -2.31. The minimum Gasteiger partial charge on any atom is -0.431 e. The van der Waals surface area contributed by atoms with Gasteiger partial charge in [0, 0.05) is 6.42 Å². The Morgan fingerprint density at radius 2 is 0.964 bits per heavy atom. The van der Waals surface area contributed by atoms with Crippen LogP contribution in [-0.4, -0.2) is 36.7 Å². The Labute approximate surface area is 170 Å². The minimum absolute atomic E-state index is 0.179. The van der Waals surface area contributed by atoms with Gasteiger partial charge in [0.1, 0.15) is 24.4 Å². The molecule has 0 aromatic carbocycles. The predicted octanol–water partition coefficient (Wildman–Crippen LogP) is 5.97. The van der Waals surface area contributed by atoms with Crippen molar-refractivity contribution in [2.75, 3.05) is 0 Å². The van der Waals surface area contributed by atoms with Crippen molar-refractivity contribution in [1.29, 1.82) is 0 Å². The summed E-state index contributed by atoms with van der Waals surface area (Å²) in [6, 6.07) is 0. The van der Waals surface area contributed by atoms with Crippen molar-refractivity contribution in [2.45, 2.75) is 105 Å². The number of ether oxygens (including phenoxy) is 4. The first-order chi connectivity index (χ1) is 13.0. The second-order valence-electron chi connectivity index (χ2n) is 9.29. The predicted molar refractivity (Wildman–Crippen MR) is 108 cm³/mol. The molecule has 1 aliphatic carbocycles. The summed E-state index contributed by atoms with van der Waals surface area (Å²) in [5, 5.41) is 0. The largest absolute Gasteiger partial charge is 0.508 e. The zero-order chi connectivity index (χ0) is 21.4. The first-order valence-electron chi connectivity index (χ1n) is 10.8. The van der Waals surface area contributed by atoms with Crippen molar-refractivity contribution in [1.82, 2.24) is 0 Å². The molecule has 0 aliphatic heterocycles. The van der Waals surface area contributed by atoms with Crippen molar-refractivity contribution in [3.63, 3.8) is 0 Å². The molecular formula is C22H40O6. The lowest BCUT2D eigenvalue weighted by molar-refractivity contribution is -0.0654. The van der Waals surface area contributed by atoms with Gasteiger partial charge in [-0.25, -0.2) is 9.59 Å². The van der Waals surface area contributed by atoms with E-state index in [1.54, 1.807) is 0 Å². The van der Waals surface area contributed by atoms with Gasteiger partial charge in [-0.1, -0.05) is 55.4 Å². The van der Waals surface area contributed by atoms with E-state index in [1.165, 1.54) is 0 Å². The summed E-state index contributed by atoms with van der Waals surface area (Å²) in [5.41, 5.74) is 0. The highest BCUT2D eigenvalue weighted by Crippen LogP contribution is 2.26. The van der Waals surface area contributed by atoms with Crippen LogP contribution in [0.5, 0.6) is 0 Å². The monoisotopic (exact) mass is 400 g/mol. The van der Waals surface area contributed by atoms with E-state index in [0.717, 1.165) is 19.3 Å². The molecule has 2 unspecified atom stereocenters. The fraction of sp³-hybridized carbons (Fsp3) is 0.909. The number of carbonyl (C=O) groups excluding carboxylic acids is 2. The van der Waals surface area contributed by atoms with Gasteiger partial charge in [0.15, 0.2) is 0 Å². The highest BCUT2D eigenvalue weighted by atomic mass is 16.7. The summed E-state index contributed by atoms with van der Waals surface area (Å²) in [4.78, 5) is 24.4. The fourth-order valence-electron chi connectivity index (χ4n) is 3.95. The fourth-order valence-corrected chi connectivity index (χ4v) is 3.95. The zero-order valence-electron chi connectivity index (χ0n) is 18.9. The summed E-state index contributed by atoms with van der Waals surface area (Å²) in [5.74, 6) is 0.887. The van der Waals surface area contributed by atoms with Crippen molar-refractivity contribution >= 4 is 12.3 Å².